The van der Waals surface area contributed by atoms with Crippen LogP contribution in [0.2, 0.25) is 0 Å². The highest BCUT2D eigenvalue weighted by atomic mass is 32.2. The van der Waals surface area contributed by atoms with Crippen LogP contribution >= 0.6 is 0 Å². The summed E-state index contributed by atoms with van der Waals surface area (Å²) < 4.78 is 23.2. The molecular weight excluding hydrogens is 316 g/mol. The Morgan fingerprint density at radius 3 is 2.61 bits per heavy atom. The number of carboxylic acid groups (broad SMARTS) is 1. The summed E-state index contributed by atoms with van der Waals surface area (Å²) >= 11 is -1.38. The molecule has 0 amide bonds. The molecule has 0 bridgehead atoms. The van der Waals surface area contributed by atoms with Crippen LogP contribution in [0, 0.1) is 17.3 Å². The molecule has 0 aliphatic carbocycles. The first-order chi connectivity index (χ1) is 11.1. The van der Waals surface area contributed by atoms with Crippen molar-refractivity contribution in [2.45, 2.75) is 24.7 Å². The van der Waals surface area contributed by atoms with E-state index in [-0.39, 0.29) is 5.75 Å². The third-order valence-electron chi connectivity index (χ3n) is 3.89. The summed E-state index contributed by atoms with van der Waals surface area (Å²) in [7, 11) is 0. The molecule has 1 heterocycles. The summed E-state index contributed by atoms with van der Waals surface area (Å²) in [5, 5.41) is 9.53. The van der Waals surface area contributed by atoms with Gasteiger partial charge in [0.25, 0.3) is 0 Å². The molecule has 0 spiro atoms. The van der Waals surface area contributed by atoms with Crippen LogP contribution in [0.1, 0.15) is 19.8 Å². The summed E-state index contributed by atoms with van der Waals surface area (Å²) in [6.45, 7) is 2.84. The SMILES string of the molecule is CC#CCOc1ccc([S+]([O-])CC2(C(=O)O)CCOCC2)cc1. The zero-order chi connectivity index (χ0) is 16.7. The van der Waals surface area contributed by atoms with E-state index in [9.17, 15) is 14.5 Å². The molecule has 1 N–H and O–H groups in total. The molecule has 1 aromatic rings. The van der Waals surface area contributed by atoms with Gasteiger partial charge < -0.3 is 19.1 Å². The summed E-state index contributed by atoms with van der Waals surface area (Å²) in [4.78, 5) is 12.2. The number of carboxylic acids is 1. The van der Waals surface area contributed by atoms with Crippen LogP contribution in [-0.2, 0) is 20.7 Å². The first-order valence-electron chi connectivity index (χ1n) is 7.39. The second kappa shape index (κ2) is 8.25. The molecule has 23 heavy (non-hydrogen) atoms. The fraction of sp³-hybridized carbons (Fsp3) is 0.471. The lowest BCUT2D eigenvalue weighted by atomic mass is 9.82. The van der Waals surface area contributed by atoms with Gasteiger partial charge in [0.15, 0.2) is 4.90 Å². The van der Waals surface area contributed by atoms with Crippen LogP contribution in [-0.4, -0.2) is 41.2 Å². The number of carbonyl (C=O) groups is 1. The third kappa shape index (κ3) is 4.64. The van der Waals surface area contributed by atoms with E-state index in [1.807, 2.05) is 0 Å². The van der Waals surface area contributed by atoms with Crippen molar-refractivity contribution in [2.75, 3.05) is 25.6 Å². The second-order valence-corrected chi connectivity index (χ2v) is 6.83. The molecule has 0 aromatic heterocycles. The first-order valence-corrected chi connectivity index (χ1v) is 8.71. The standard InChI is InChI=1S/C17H20O5S/c1-2-3-10-22-14-4-6-15(7-5-14)23(20)13-17(16(18)19)8-11-21-12-9-17/h4-7H,8-13H2,1H3,(H,18,19). The Kier molecular flexibility index (Phi) is 6.34. The van der Waals surface area contributed by atoms with Crippen molar-refractivity contribution in [2.24, 2.45) is 5.41 Å². The zero-order valence-corrected chi connectivity index (χ0v) is 13.9. The zero-order valence-electron chi connectivity index (χ0n) is 13.0. The van der Waals surface area contributed by atoms with Crippen molar-refractivity contribution < 1.29 is 23.9 Å². The maximum Gasteiger partial charge on any atom is 0.314 e. The van der Waals surface area contributed by atoms with Crippen LogP contribution in [0.25, 0.3) is 0 Å². The fourth-order valence-corrected chi connectivity index (χ4v) is 3.92. The van der Waals surface area contributed by atoms with Gasteiger partial charge in [0, 0.05) is 13.2 Å². The second-order valence-electron chi connectivity index (χ2n) is 5.37. The number of hydrogen-bond acceptors (Lipinski definition) is 4. The Bertz CT molecular complexity index is 581. The van der Waals surface area contributed by atoms with Crippen molar-refractivity contribution in [3.8, 4) is 17.6 Å². The van der Waals surface area contributed by atoms with Crippen LogP contribution in [0.3, 0.4) is 0 Å². The number of benzene rings is 1. The predicted molar refractivity (Wildman–Crippen MR) is 86.8 cm³/mol. The minimum Gasteiger partial charge on any atom is -0.611 e. The van der Waals surface area contributed by atoms with Gasteiger partial charge in [-0.05, 0) is 55.2 Å². The molecule has 1 saturated heterocycles. The molecule has 0 saturated carbocycles. The van der Waals surface area contributed by atoms with E-state index in [0.717, 1.165) is 0 Å². The van der Waals surface area contributed by atoms with Gasteiger partial charge in [0.05, 0.1) is 0 Å². The molecule has 124 valence electrons. The van der Waals surface area contributed by atoms with Crippen molar-refractivity contribution in [3.05, 3.63) is 24.3 Å². The molecule has 0 radical (unpaired) electrons. The third-order valence-corrected chi connectivity index (χ3v) is 5.50. The van der Waals surface area contributed by atoms with Gasteiger partial charge in [-0.3, -0.25) is 4.79 Å². The quantitative estimate of drug-likeness (QED) is 0.635. The van der Waals surface area contributed by atoms with Gasteiger partial charge in [-0.15, -0.1) is 5.92 Å². The fourth-order valence-electron chi connectivity index (χ4n) is 2.40. The maximum absolute atomic E-state index is 12.5. The summed E-state index contributed by atoms with van der Waals surface area (Å²) in [5.74, 6) is 5.39. The van der Waals surface area contributed by atoms with Crippen molar-refractivity contribution in [1.29, 1.82) is 0 Å². The predicted octanol–water partition coefficient (Wildman–Crippen LogP) is 2.08. The summed E-state index contributed by atoms with van der Waals surface area (Å²) in [6.07, 6.45) is 0.788. The Morgan fingerprint density at radius 1 is 1.39 bits per heavy atom. The Balaban J connectivity index is 2.02. The molecule has 1 atom stereocenters. The topological polar surface area (TPSA) is 78.8 Å². The van der Waals surface area contributed by atoms with Crippen molar-refractivity contribution in [1.82, 2.24) is 0 Å². The molecule has 1 fully saturated rings. The monoisotopic (exact) mass is 336 g/mol. The van der Waals surface area contributed by atoms with Gasteiger partial charge in [-0.1, -0.05) is 5.92 Å². The van der Waals surface area contributed by atoms with E-state index >= 15 is 0 Å². The molecule has 1 unspecified atom stereocenters. The van der Waals surface area contributed by atoms with Gasteiger partial charge in [-0.2, -0.15) is 0 Å². The van der Waals surface area contributed by atoms with Gasteiger partial charge in [0.1, 0.15) is 23.5 Å². The Hall–Kier alpha value is -1.68. The number of hydrogen-bond donors (Lipinski definition) is 1. The van der Waals surface area contributed by atoms with Gasteiger partial charge >= 0.3 is 5.97 Å². The highest BCUT2D eigenvalue weighted by Gasteiger charge is 2.44. The van der Waals surface area contributed by atoms with Gasteiger partial charge in [0.2, 0.25) is 0 Å². The lowest BCUT2D eigenvalue weighted by Crippen LogP contribution is -2.42. The molecule has 1 aromatic carbocycles. The Labute approximate surface area is 139 Å². The summed E-state index contributed by atoms with van der Waals surface area (Å²) in [5.41, 5.74) is -0.963. The van der Waals surface area contributed by atoms with E-state index in [1.165, 1.54) is 0 Å². The van der Waals surface area contributed by atoms with Crippen LogP contribution in [0.5, 0.6) is 5.75 Å². The molecular formula is C17H20O5S. The average molecular weight is 336 g/mol. The minimum atomic E-state index is -1.38. The minimum absolute atomic E-state index is 0.104. The maximum atomic E-state index is 12.5. The molecule has 2 rings (SSSR count). The lowest BCUT2D eigenvalue weighted by Gasteiger charge is -2.32. The van der Waals surface area contributed by atoms with Gasteiger partial charge in [-0.25, -0.2) is 0 Å². The van der Waals surface area contributed by atoms with Crippen molar-refractivity contribution in [3.63, 3.8) is 0 Å². The van der Waals surface area contributed by atoms with Crippen LogP contribution in [0.4, 0.5) is 0 Å². The average Bonchev–Trinajstić information content (AvgIpc) is 2.56. The van der Waals surface area contributed by atoms with Crippen molar-refractivity contribution >= 4 is 17.1 Å². The van der Waals surface area contributed by atoms with E-state index in [2.05, 4.69) is 11.8 Å². The number of rotatable bonds is 6. The highest BCUT2D eigenvalue weighted by molar-refractivity contribution is 7.91. The first kappa shape index (κ1) is 17.7. The molecule has 5 nitrogen and oxygen atoms in total. The van der Waals surface area contributed by atoms with E-state index < -0.39 is 22.6 Å². The number of aliphatic carboxylic acids is 1. The Morgan fingerprint density at radius 2 is 2.04 bits per heavy atom. The van der Waals surface area contributed by atoms with E-state index in [1.54, 1.807) is 31.2 Å². The smallest absolute Gasteiger partial charge is 0.314 e. The highest BCUT2D eigenvalue weighted by Crippen LogP contribution is 2.34. The van der Waals surface area contributed by atoms with E-state index in [4.69, 9.17) is 9.47 Å². The lowest BCUT2D eigenvalue weighted by molar-refractivity contribution is -0.152. The molecule has 1 aliphatic heterocycles. The number of ether oxygens (including phenoxy) is 2. The van der Waals surface area contributed by atoms with E-state index in [0.29, 0.717) is 43.3 Å². The largest absolute Gasteiger partial charge is 0.611 e. The normalized spacial score (nSPS) is 17.7. The van der Waals surface area contributed by atoms with Crippen LogP contribution in [0.15, 0.2) is 29.2 Å². The molecule has 1 aliphatic rings. The van der Waals surface area contributed by atoms with Crippen LogP contribution < -0.4 is 4.74 Å². The summed E-state index contributed by atoms with van der Waals surface area (Å²) in [6, 6.07) is 6.86. The molecule has 6 heteroatoms.